The van der Waals surface area contributed by atoms with Crippen LogP contribution >= 0.6 is 0 Å². The lowest BCUT2D eigenvalue weighted by molar-refractivity contribution is -0.139. The first-order chi connectivity index (χ1) is 12.8. The molecule has 5 heteroatoms. The highest BCUT2D eigenvalue weighted by molar-refractivity contribution is 5.98. The molecule has 2 rings (SSSR count). The van der Waals surface area contributed by atoms with Crippen LogP contribution in [0.25, 0.3) is 6.08 Å². The van der Waals surface area contributed by atoms with Gasteiger partial charge in [0, 0.05) is 17.9 Å². The molecule has 1 aromatic heterocycles. The van der Waals surface area contributed by atoms with Crippen LogP contribution in [-0.4, -0.2) is 10.5 Å². The SMILES string of the molecule is Cc1cc(/C=C(\C#N)C(=O)OCc2cccc(C#N)c2)c(C)n1CC(C)C. The predicted octanol–water partition coefficient (Wildman–Crippen LogP) is 4.28. The van der Waals surface area contributed by atoms with Crippen molar-refractivity contribution in [3.8, 4) is 12.1 Å². The van der Waals surface area contributed by atoms with E-state index in [1.807, 2.05) is 32.1 Å². The number of ether oxygens (including phenoxy) is 1. The Labute approximate surface area is 160 Å². The van der Waals surface area contributed by atoms with E-state index in [4.69, 9.17) is 10.00 Å². The van der Waals surface area contributed by atoms with Crippen molar-refractivity contribution in [3.05, 3.63) is 64.0 Å². The summed E-state index contributed by atoms with van der Waals surface area (Å²) in [6, 6.07) is 12.8. The molecule has 0 radical (unpaired) electrons. The highest BCUT2D eigenvalue weighted by Gasteiger charge is 2.14. The standard InChI is InChI=1S/C22H23N3O2/c1-15(2)13-25-16(3)8-20(17(25)4)10-21(12-24)22(26)27-14-19-7-5-6-18(9-19)11-23/h5-10,15H,13-14H2,1-4H3/b21-10+. The van der Waals surface area contributed by atoms with E-state index in [9.17, 15) is 10.1 Å². The fourth-order valence-corrected chi connectivity index (χ4v) is 2.87. The van der Waals surface area contributed by atoms with Crippen molar-refractivity contribution in [2.24, 2.45) is 5.92 Å². The molecule has 0 aliphatic carbocycles. The first kappa shape index (κ1) is 20.0. The molecule has 0 bridgehead atoms. The summed E-state index contributed by atoms with van der Waals surface area (Å²) < 4.78 is 7.43. The normalized spacial score (nSPS) is 11.1. The number of aromatic nitrogens is 1. The lowest BCUT2D eigenvalue weighted by atomic mass is 10.1. The zero-order valence-electron chi connectivity index (χ0n) is 16.1. The van der Waals surface area contributed by atoms with E-state index in [1.54, 1.807) is 30.3 Å². The van der Waals surface area contributed by atoms with Crippen LogP contribution in [-0.2, 0) is 22.7 Å². The lowest BCUT2D eigenvalue weighted by Gasteiger charge is -2.12. The van der Waals surface area contributed by atoms with Gasteiger partial charge >= 0.3 is 5.97 Å². The Hall–Kier alpha value is -3.31. The molecular formula is C22H23N3O2. The third-order valence-electron chi connectivity index (χ3n) is 4.23. The van der Waals surface area contributed by atoms with Gasteiger partial charge in [-0.25, -0.2) is 4.79 Å². The Bertz CT molecular complexity index is 953. The van der Waals surface area contributed by atoms with Crippen molar-refractivity contribution in [1.29, 1.82) is 10.5 Å². The minimum Gasteiger partial charge on any atom is -0.457 e. The quantitative estimate of drug-likeness (QED) is 0.437. The number of benzene rings is 1. The van der Waals surface area contributed by atoms with Gasteiger partial charge in [0.2, 0.25) is 0 Å². The van der Waals surface area contributed by atoms with Crippen LogP contribution in [0.2, 0.25) is 0 Å². The van der Waals surface area contributed by atoms with Crippen LogP contribution in [0, 0.1) is 42.4 Å². The number of aryl methyl sites for hydroxylation is 1. The predicted molar refractivity (Wildman–Crippen MR) is 103 cm³/mol. The summed E-state index contributed by atoms with van der Waals surface area (Å²) in [6.45, 7) is 9.18. The number of esters is 1. The zero-order chi connectivity index (χ0) is 20.0. The molecule has 0 aliphatic rings. The van der Waals surface area contributed by atoms with Gasteiger partial charge in [-0.3, -0.25) is 0 Å². The Balaban J connectivity index is 2.17. The lowest BCUT2D eigenvalue weighted by Crippen LogP contribution is -2.08. The van der Waals surface area contributed by atoms with E-state index in [-0.39, 0.29) is 12.2 Å². The second-order valence-electron chi connectivity index (χ2n) is 6.89. The maximum absolute atomic E-state index is 12.3. The molecule has 0 saturated carbocycles. The van der Waals surface area contributed by atoms with Crippen LogP contribution in [0.5, 0.6) is 0 Å². The molecule has 0 spiro atoms. The van der Waals surface area contributed by atoms with Gasteiger partial charge in [0.15, 0.2) is 0 Å². The average Bonchev–Trinajstić information content (AvgIpc) is 2.91. The van der Waals surface area contributed by atoms with Crippen molar-refractivity contribution in [2.75, 3.05) is 0 Å². The maximum Gasteiger partial charge on any atom is 0.349 e. The van der Waals surface area contributed by atoms with Crippen LogP contribution in [0.15, 0.2) is 35.9 Å². The van der Waals surface area contributed by atoms with Crippen LogP contribution < -0.4 is 0 Å². The minimum absolute atomic E-state index is 0.0136. The van der Waals surface area contributed by atoms with Gasteiger partial charge in [-0.1, -0.05) is 26.0 Å². The number of rotatable bonds is 6. The Morgan fingerprint density at radius 2 is 2.00 bits per heavy atom. The number of hydrogen-bond acceptors (Lipinski definition) is 4. The fourth-order valence-electron chi connectivity index (χ4n) is 2.87. The highest BCUT2D eigenvalue weighted by Crippen LogP contribution is 2.20. The molecule has 0 saturated heterocycles. The third kappa shape index (κ3) is 5.09. The van der Waals surface area contributed by atoms with Gasteiger partial charge < -0.3 is 9.30 Å². The largest absolute Gasteiger partial charge is 0.457 e. The van der Waals surface area contributed by atoms with Crippen molar-refractivity contribution in [1.82, 2.24) is 4.57 Å². The van der Waals surface area contributed by atoms with E-state index in [2.05, 4.69) is 18.4 Å². The molecule has 1 aromatic carbocycles. The first-order valence-electron chi connectivity index (χ1n) is 8.80. The Morgan fingerprint density at radius 3 is 2.63 bits per heavy atom. The molecule has 0 unspecified atom stereocenters. The van der Waals surface area contributed by atoms with Crippen molar-refractivity contribution in [2.45, 2.75) is 40.8 Å². The van der Waals surface area contributed by atoms with E-state index in [0.29, 0.717) is 17.0 Å². The number of carbonyl (C=O) groups is 1. The second kappa shape index (κ2) is 8.87. The average molecular weight is 361 g/mol. The van der Waals surface area contributed by atoms with E-state index >= 15 is 0 Å². The number of nitriles is 2. The highest BCUT2D eigenvalue weighted by atomic mass is 16.5. The summed E-state index contributed by atoms with van der Waals surface area (Å²) in [7, 11) is 0. The first-order valence-corrected chi connectivity index (χ1v) is 8.80. The van der Waals surface area contributed by atoms with Gasteiger partial charge in [-0.2, -0.15) is 10.5 Å². The number of hydrogen-bond donors (Lipinski definition) is 0. The molecule has 0 aliphatic heterocycles. The Kier molecular flexibility index (Phi) is 6.57. The number of carbonyl (C=O) groups excluding carboxylic acids is 1. The van der Waals surface area contributed by atoms with E-state index in [0.717, 1.165) is 23.5 Å². The van der Waals surface area contributed by atoms with Crippen LogP contribution in [0.3, 0.4) is 0 Å². The zero-order valence-corrected chi connectivity index (χ0v) is 16.1. The summed E-state index contributed by atoms with van der Waals surface area (Å²) in [5, 5.41) is 18.3. The minimum atomic E-state index is -0.673. The molecular weight excluding hydrogens is 338 g/mol. The number of nitrogens with zero attached hydrogens (tertiary/aromatic N) is 3. The van der Waals surface area contributed by atoms with Crippen molar-refractivity contribution < 1.29 is 9.53 Å². The van der Waals surface area contributed by atoms with E-state index in [1.165, 1.54) is 0 Å². The van der Waals surface area contributed by atoms with Crippen LogP contribution in [0.1, 0.15) is 41.9 Å². The molecule has 2 aromatic rings. The van der Waals surface area contributed by atoms with Gasteiger partial charge in [-0.05, 0) is 55.2 Å². The summed E-state index contributed by atoms with van der Waals surface area (Å²) in [6.07, 6.45) is 1.58. The van der Waals surface area contributed by atoms with Crippen molar-refractivity contribution >= 4 is 12.0 Å². The molecule has 0 N–H and O–H groups in total. The van der Waals surface area contributed by atoms with Crippen LogP contribution in [0.4, 0.5) is 0 Å². The molecule has 0 atom stereocenters. The third-order valence-corrected chi connectivity index (χ3v) is 4.23. The summed E-state index contributed by atoms with van der Waals surface area (Å²) in [5.41, 5.74) is 4.10. The second-order valence-corrected chi connectivity index (χ2v) is 6.89. The fraction of sp³-hybridized carbons (Fsp3) is 0.318. The molecule has 138 valence electrons. The van der Waals surface area contributed by atoms with E-state index < -0.39 is 5.97 Å². The van der Waals surface area contributed by atoms with Gasteiger partial charge in [0.05, 0.1) is 11.6 Å². The van der Waals surface area contributed by atoms with Crippen molar-refractivity contribution in [3.63, 3.8) is 0 Å². The van der Waals surface area contributed by atoms with Gasteiger partial charge in [-0.15, -0.1) is 0 Å². The summed E-state index contributed by atoms with van der Waals surface area (Å²) in [5.74, 6) is -0.176. The van der Waals surface area contributed by atoms with Gasteiger partial charge in [0.1, 0.15) is 18.2 Å². The molecule has 1 heterocycles. The monoisotopic (exact) mass is 361 g/mol. The smallest absolute Gasteiger partial charge is 0.349 e. The maximum atomic E-state index is 12.3. The Morgan fingerprint density at radius 1 is 1.26 bits per heavy atom. The molecule has 5 nitrogen and oxygen atoms in total. The molecule has 0 amide bonds. The van der Waals surface area contributed by atoms with Gasteiger partial charge in [0.25, 0.3) is 0 Å². The summed E-state index contributed by atoms with van der Waals surface area (Å²) in [4.78, 5) is 12.3. The molecule has 27 heavy (non-hydrogen) atoms. The summed E-state index contributed by atoms with van der Waals surface area (Å²) >= 11 is 0. The molecule has 0 fully saturated rings. The topological polar surface area (TPSA) is 78.8 Å².